The molecular weight excluding hydrogens is 223 g/mol. The van der Waals surface area contributed by atoms with Crippen molar-refractivity contribution in [2.75, 3.05) is 0 Å². The van der Waals surface area contributed by atoms with Gasteiger partial charge in [-0.1, -0.05) is 41.2 Å². The minimum absolute atomic E-state index is 0.907. The summed E-state index contributed by atoms with van der Waals surface area (Å²) in [5, 5.41) is 0. The highest BCUT2D eigenvalue weighted by Gasteiger charge is 2.44. The molecular formula is C8H11I. The number of allylic oxidation sites excluding steroid dienone is 1. The first-order valence-corrected chi connectivity index (χ1v) is 4.88. The average Bonchev–Trinajstić information content (AvgIpc) is 1.91. The monoisotopic (exact) mass is 234 g/mol. The standard InChI is InChI=1S/C8H11I/c1-5-6-3-2-4-7(5)8(6)9/h6-8H,1-4H2. The molecule has 3 aliphatic rings. The summed E-state index contributed by atoms with van der Waals surface area (Å²) >= 11 is 2.59. The number of fused-ring (bicyclic) bond motifs is 2. The van der Waals surface area contributed by atoms with Gasteiger partial charge in [-0.25, -0.2) is 0 Å². The molecule has 0 nitrogen and oxygen atoms in total. The Hall–Kier alpha value is 0.470. The zero-order valence-corrected chi connectivity index (χ0v) is 7.60. The van der Waals surface area contributed by atoms with Crippen LogP contribution in [0.2, 0.25) is 0 Å². The molecule has 50 valence electrons. The number of hydrogen-bond acceptors (Lipinski definition) is 0. The van der Waals surface area contributed by atoms with E-state index < -0.39 is 0 Å². The van der Waals surface area contributed by atoms with Crippen LogP contribution in [0.25, 0.3) is 0 Å². The minimum atomic E-state index is 0.907. The van der Waals surface area contributed by atoms with Crippen molar-refractivity contribution in [3.05, 3.63) is 12.2 Å². The largest absolute Gasteiger partial charge is 0.0992 e. The molecule has 3 fully saturated rings. The molecule has 9 heavy (non-hydrogen) atoms. The van der Waals surface area contributed by atoms with Gasteiger partial charge in [-0.05, 0) is 24.7 Å². The third-order valence-electron chi connectivity index (χ3n) is 2.75. The fourth-order valence-corrected chi connectivity index (χ4v) is 3.74. The molecule has 1 heteroatoms. The second-order valence-electron chi connectivity index (χ2n) is 3.16. The Morgan fingerprint density at radius 2 is 1.89 bits per heavy atom. The van der Waals surface area contributed by atoms with E-state index in [0.29, 0.717) is 0 Å². The quantitative estimate of drug-likeness (QED) is 0.343. The van der Waals surface area contributed by atoms with E-state index in [1.54, 1.807) is 5.57 Å². The van der Waals surface area contributed by atoms with Crippen molar-refractivity contribution in [3.8, 4) is 0 Å². The highest BCUT2D eigenvalue weighted by molar-refractivity contribution is 14.1. The minimum Gasteiger partial charge on any atom is -0.0992 e. The van der Waals surface area contributed by atoms with Gasteiger partial charge >= 0.3 is 0 Å². The van der Waals surface area contributed by atoms with Gasteiger partial charge in [-0.15, -0.1) is 0 Å². The molecule has 0 heterocycles. The van der Waals surface area contributed by atoms with Crippen LogP contribution in [0.1, 0.15) is 19.3 Å². The van der Waals surface area contributed by atoms with E-state index in [0.717, 1.165) is 15.8 Å². The normalized spacial score (nSPS) is 48.6. The van der Waals surface area contributed by atoms with Gasteiger partial charge in [0.2, 0.25) is 0 Å². The lowest BCUT2D eigenvalue weighted by molar-refractivity contribution is 0.241. The Kier molecular flexibility index (Phi) is 1.36. The summed E-state index contributed by atoms with van der Waals surface area (Å²) in [5.74, 6) is 1.81. The van der Waals surface area contributed by atoms with Crippen molar-refractivity contribution in [1.82, 2.24) is 0 Å². The third kappa shape index (κ3) is 0.702. The molecule has 2 atom stereocenters. The first-order chi connectivity index (χ1) is 4.30. The maximum Gasteiger partial charge on any atom is 0.0240 e. The van der Waals surface area contributed by atoms with E-state index in [1.165, 1.54) is 19.3 Å². The lowest BCUT2D eigenvalue weighted by atomic mass is 9.62. The van der Waals surface area contributed by atoms with Crippen LogP contribution in [0, 0.1) is 11.8 Å². The zero-order chi connectivity index (χ0) is 6.43. The first kappa shape index (κ1) is 6.20. The summed E-state index contributed by atoms with van der Waals surface area (Å²) in [5.41, 5.74) is 1.56. The van der Waals surface area contributed by atoms with Crippen LogP contribution in [0.5, 0.6) is 0 Å². The van der Waals surface area contributed by atoms with Crippen LogP contribution in [0.4, 0.5) is 0 Å². The molecule has 3 rings (SSSR count). The van der Waals surface area contributed by atoms with E-state index in [1.807, 2.05) is 0 Å². The fourth-order valence-electron chi connectivity index (χ4n) is 2.09. The maximum atomic E-state index is 4.09. The average molecular weight is 234 g/mol. The van der Waals surface area contributed by atoms with E-state index in [9.17, 15) is 0 Å². The van der Waals surface area contributed by atoms with Crippen molar-refractivity contribution in [3.63, 3.8) is 0 Å². The van der Waals surface area contributed by atoms with Crippen LogP contribution in [-0.2, 0) is 0 Å². The van der Waals surface area contributed by atoms with Gasteiger partial charge in [0.25, 0.3) is 0 Å². The number of hydrogen-bond donors (Lipinski definition) is 0. The molecule has 0 aliphatic heterocycles. The van der Waals surface area contributed by atoms with E-state index in [-0.39, 0.29) is 0 Å². The highest BCUT2D eigenvalue weighted by Crippen LogP contribution is 2.53. The molecule has 0 amide bonds. The summed E-state index contributed by atoms with van der Waals surface area (Å²) in [6.45, 7) is 4.09. The van der Waals surface area contributed by atoms with E-state index >= 15 is 0 Å². The first-order valence-electron chi connectivity index (χ1n) is 3.63. The Morgan fingerprint density at radius 1 is 1.33 bits per heavy atom. The van der Waals surface area contributed by atoms with Gasteiger partial charge in [-0.3, -0.25) is 0 Å². The van der Waals surface area contributed by atoms with Crippen LogP contribution in [-0.4, -0.2) is 3.92 Å². The van der Waals surface area contributed by atoms with Crippen LogP contribution < -0.4 is 0 Å². The number of halogens is 1. The zero-order valence-electron chi connectivity index (χ0n) is 5.44. The lowest BCUT2D eigenvalue weighted by Crippen LogP contribution is -2.43. The van der Waals surface area contributed by atoms with Crippen molar-refractivity contribution >= 4 is 22.6 Å². The maximum absolute atomic E-state index is 4.09. The highest BCUT2D eigenvalue weighted by atomic mass is 127. The Labute approximate surface area is 69.9 Å². The van der Waals surface area contributed by atoms with Gasteiger partial charge < -0.3 is 0 Å². The summed E-state index contributed by atoms with van der Waals surface area (Å²) in [7, 11) is 0. The van der Waals surface area contributed by atoms with E-state index in [2.05, 4.69) is 29.2 Å². The molecule has 0 radical (unpaired) electrons. The van der Waals surface area contributed by atoms with Gasteiger partial charge in [0.05, 0.1) is 0 Å². The summed E-state index contributed by atoms with van der Waals surface area (Å²) in [6.07, 6.45) is 4.29. The lowest BCUT2D eigenvalue weighted by Gasteiger charge is -2.48. The van der Waals surface area contributed by atoms with Gasteiger partial charge in [0.1, 0.15) is 0 Å². The Morgan fingerprint density at radius 3 is 2.11 bits per heavy atom. The molecule has 3 saturated carbocycles. The SMILES string of the molecule is C=C1C2CCCC1C2I. The summed E-state index contributed by atoms with van der Waals surface area (Å²) in [4.78, 5) is 0. The van der Waals surface area contributed by atoms with Crippen molar-refractivity contribution in [2.45, 2.75) is 23.2 Å². The topological polar surface area (TPSA) is 0 Å². The molecule has 0 aromatic heterocycles. The summed E-state index contributed by atoms with van der Waals surface area (Å²) < 4.78 is 0.948. The smallest absolute Gasteiger partial charge is 0.0240 e. The van der Waals surface area contributed by atoms with Gasteiger partial charge in [0.15, 0.2) is 0 Å². The fraction of sp³-hybridized carbons (Fsp3) is 0.750. The number of rotatable bonds is 0. The summed E-state index contributed by atoms with van der Waals surface area (Å²) in [6, 6.07) is 0. The second-order valence-corrected chi connectivity index (χ2v) is 4.60. The van der Waals surface area contributed by atoms with Crippen molar-refractivity contribution < 1.29 is 0 Å². The Bertz CT molecular complexity index is 137. The van der Waals surface area contributed by atoms with Crippen LogP contribution >= 0.6 is 22.6 Å². The van der Waals surface area contributed by atoms with Crippen LogP contribution in [0.15, 0.2) is 12.2 Å². The van der Waals surface area contributed by atoms with E-state index in [4.69, 9.17) is 0 Å². The predicted molar refractivity (Wildman–Crippen MR) is 47.8 cm³/mol. The molecule has 0 aromatic carbocycles. The molecule has 2 unspecified atom stereocenters. The third-order valence-corrected chi connectivity index (χ3v) is 4.49. The van der Waals surface area contributed by atoms with Crippen LogP contribution in [0.3, 0.4) is 0 Å². The molecule has 0 saturated heterocycles. The number of alkyl halides is 1. The van der Waals surface area contributed by atoms with Crippen molar-refractivity contribution in [1.29, 1.82) is 0 Å². The van der Waals surface area contributed by atoms with Gasteiger partial charge in [0, 0.05) is 3.92 Å². The van der Waals surface area contributed by atoms with Crippen molar-refractivity contribution in [2.24, 2.45) is 11.8 Å². The molecule has 0 aromatic rings. The molecule has 2 bridgehead atoms. The molecule has 3 aliphatic carbocycles. The van der Waals surface area contributed by atoms with Gasteiger partial charge in [-0.2, -0.15) is 0 Å². The second kappa shape index (κ2) is 1.97. The Balaban J connectivity index is 2.17. The molecule has 0 spiro atoms. The predicted octanol–water partition coefficient (Wildman–Crippen LogP) is 2.78. The molecule has 0 N–H and O–H groups in total.